The highest BCUT2D eigenvalue weighted by atomic mass is 16.1. The quantitative estimate of drug-likeness (QED) is 0.673. The van der Waals surface area contributed by atoms with Crippen molar-refractivity contribution in [3.8, 4) is 0 Å². The molecule has 2 nitrogen and oxygen atoms in total. The highest BCUT2D eigenvalue weighted by Gasteiger charge is 2.05. The van der Waals surface area contributed by atoms with E-state index in [-0.39, 0.29) is 0 Å². The van der Waals surface area contributed by atoms with Crippen LogP contribution < -0.4 is 0 Å². The molecule has 0 atom stereocenters. The Morgan fingerprint density at radius 3 is 2.86 bits per heavy atom. The van der Waals surface area contributed by atoms with Gasteiger partial charge in [-0.05, 0) is 18.1 Å². The maximum Gasteiger partial charge on any atom is 0.151 e. The second kappa shape index (κ2) is 3.58. The first-order valence-electron chi connectivity index (χ1n) is 4.68. The first kappa shape index (κ1) is 8.88. The van der Waals surface area contributed by atoms with Crippen LogP contribution in [0.15, 0.2) is 30.5 Å². The molecule has 0 unspecified atom stereocenters. The van der Waals surface area contributed by atoms with Crippen LogP contribution in [0.2, 0.25) is 0 Å². The lowest BCUT2D eigenvalue weighted by molar-refractivity contribution is 0.112. The monoisotopic (exact) mass is 185 g/mol. The Morgan fingerprint density at radius 2 is 2.14 bits per heavy atom. The molecule has 1 heterocycles. The molecular weight excluding hydrogens is 174 g/mol. The summed E-state index contributed by atoms with van der Waals surface area (Å²) < 4.78 is 0. The molecule has 0 aliphatic heterocycles. The summed E-state index contributed by atoms with van der Waals surface area (Å²) in [4.78, 5) is 15.0. The number of hydrogen-bond acceptors (Lipinski definition) is 2. The number of nitrogens with zero attached hydrogens (tertiary/aromatic N) is 1. The second-order valence-electron chi connectivity index (χ2n) is 3.18. The van der Waals surface area contributed by atoms with Crippen molar-refractivity contribution >= 4 is 17.2 Å². The molecule has 14 heavy (non-hydrogen) atoms. The number of para-hydroxylation sites is 1. The summed E-state index contributed by atoms with van der Waals surface area (Å²) in [6.07, 6.45) is 3.38. The standard InChI is InChI=1S/C12H11NO/c1-2-10-9(8-14)7-13-12-6-4-3-5-11(10)12/h3-8H,2H2,1H3. The molecule has 0 aliphatic rings. The van der Waals surface area contributed by atoms with E-state index in [2.05, 4.69) is 11.9 Å². The molecule has 1 aromatic carbocycles. The number of aryl methyl sites for hydroxylation is 1. The van der Waals surface area contributed by atoms with Crippen molar-refractivity contribution < 1.29 is 4.79 Å². The Labute approximate surface area is 82.6 Å². The van der Waals surface area contributed by atoms with Crippen LogP contribution in [0.25, 0.3) is 10.9 Å². The molecule has 1 aromatic heterocycles. The van der Waals surface area contributed by atoms with E-state index in [9.17, 15) is 4.79 Å². The molecule has 0 radical (unpaired) electrons. The molecule has 0 bridgehead atoms. The van der Waals surface area contributed by atoms with Gasteiger partial charge in [0.2, 0.25) is 0 Å². The van der Waals surface area contributed by atoms with E-state index in [0.717, 1.165) is 29.2 Å². The van der Waals surface area contributed by atoms with Crippen molar-refractivity contribution in [2.45, 2.75) is 13.3 Å². The van der Waals surface area contributed by atoms with E-state index in [1.165, 1.54) is 0 Å². The molecule has 0 amide bonds. The molecule has 2 rings (SSSR count). The summed E-state index contributed by atoms with van der Waals surface area (Å²) in [5, 5.41) is 1.08. The van der Waals surface area contributed by atoms with Gasteiger partial charge in [-0.2, -0.15) is 0 Å². The average molecular weight is 185 g/mol. The summed E-state index contributed by atoms with van der Waals surface area (Å²) >= 11 is 0. The number of aromatic nitrogens is 1. The predicted molar refractivity (Wildman–Crippen MR) is 56.5 cm³/mol. The minimum atomic E-state index is 0.700. The largest absolute Gasteiger partial charge is 0.298 e. The van der Waals surface area contributed by atoms with Gasteiger partial charge in [0.1, 0.15) is 0 Å². The van der Waals surface area contributed by atoms with Crippen LogP contribution in [-0.4, -0.2) is 11.3 Å². The van der Waals surface area contributed by atoms with E-state index >= 15 is 0 Å². The highest BCUT2D eigenvalue weighted by Crippen LogP contribution is 2.19. The molecule has 70 valence electrons. The predicted octanol–water partition coefficient (Wildman–Crippen LogP) is 2.61. The van der Waals surface area contributed by atoms with Gasteiger partial charge >= 0.3 is 0 Å². The van der Waals surface area contributed by atoms with Gasteiger partial charge in [-0.25, -0.2) is 0 Å². The van der Waals surface area contributed by atoms with Crippen LogP contribution in [0.5, 0.6) is 0 Å². The Morgan fingerprint density at radius 1 is 1.36 bits per heavy atom. The fraction of sp³-hybridized carbons (Fsp3) is 0.167. The van der Waals surface area contributed by atoms with Gasteiger partial charge in [0, 0.05) is 17.1 Å². The SMILES string of the molecule is CCc1c(C=O)cnc2ccccc12. The van der Waals surface area contributed by atoms with Gasteiger partial charge in [0.15, 0.2) is 6.29 Å². The number of fused-ring (bicyclic) bond motifs is 1. The van der Waals surface area contributed by atoms with Crippen molar-refractivity contribution in [3.05, 3.63) is 41.6 Å². The topological polar surface area (TPSA) is 30.0 Å². The number of carbonyl (C=O) groups excluding carboxylic acids is 1. The number of pyridine rings is 1. The maximum absolute atomic E-state index is 10.8. The molecule has 2 heteroatoms. The lowest BCUT2D eigenvalue weighted by atomic mass is 10.0. The first-order valence-corrected chi connectivity index (χ1v) is 4.68. The Hall–Kier alpha value is -1.70. The van der Waals surface area contributed by atoms with Crippen LogP contribution in [0, 0.1) is 0 Å². The molecule has 0 saturated heterocycles. The number of carbonyl (C=O) groups is 1. The fourth-order valence-electron chi connectivity index (χ4n) is 1.71. The Balaban J connectivity index is 2.83. The summed E-state index contributed by atoms with van der Waals surface area (Å²) in [6, 6.07) is 7.89. The smallest absolute Gasteiger partial charge is 0.151 e. The van der Waals surface area contributed by atoms with Crippen LogP contribution in [0.1, 0.15) is 22.8 Å². The minimum absolute atomic E-state index is 0.700. The van der Waals surface area contributed by atoms with Crippen LogP contribution >= 0.6 is 0 Å². The summed E-state index contributed by atoms with van der Waals surface area (Å²) in [6.45, 7) is 2.05. The van der Waals surface area contributed by atoms with E-state index < -0.39 is 0 Å². The lowest BCUT2D eigenvalue weighted by Crippen LogP contribution is -1.94. The molecule has 0 N–H and O–H groups in total. The van der Waals surface area contributed by atoms with Crippen molar-refractivity contribution in [2.75, 3.05) is 0 Å². The third-order valence-corrected chi connectivity index (χ3v) is 2.40. The normalized spacial score (nSPS) is 10.4. The number of benzene rings is 1. The van der Waals surface area contributed by atoms with Gasteiger partial charge < -0.3 is 0 Å². The van der Waals surface area contributed by atoms with Crippen molar-refractivity contribution in [2.24, 2.45) is 0 Å². The molecule has 0 spiro atoms. The molecule has 0 aliphatic carbocycles. The molecular formula is C12H11NO. The Bertz CT molecular complexity index is 477. The number of hydrogen-bond donors (Lipinski definition) is 0. The van der Waals surface area contributed by atoms with Crippen LogP contribution in [0.3, 0.4) is 0 Å². The summed E-state index contributed by atoms with van der Waals surface area (Å²) in [5.74, 6) is 0. The van der Waals surface area contributed by atoms with E-state index in [0.29, 0.717) is 5.56 Å². The van der Waals surface area contributed by atoms with Crippen molar-refractivity contribution in [1.82, 2.24) is 4.98 Å². The van der Waals surface area contributed by atoms with Crippen LogP contribution in [0.4, 0.5) is 0 Å². The third-order valence-electron chi connectivity index (χ3n) is 2.40. The van der Waals surface area contributed by atoms with Gasteiger partial charge in [-0.15, -0.1) is 0 Å². The van der Waals surface area contributed by atoms with Gasteiger partial charge in [0.25, 0.3) is 0 Å². The van der Waals surface area contributed by atoms with E-state index in [1.807, 2.05) is 24.3 Å². The van der Waals surface area contributed by atoms with Gasteiger partial charge in [0.05, 0.1) is 5.52 Å². The fourth-order valence-corrected chi connectivity index (χ4v) is 1.71. The molecule has 0 saturated carbocycles. The molecule has 2 aromatic rings. The van der Waals surface area contributed by atoms with Crippen LogP contribution in [-0.2, 0) is 6.42 Å². The van der Waals surface area contributed by atoms with Crippen molar-refractivity contribution in [3.63, 3.8) is 0 Å². The van der Waals surface area contributed by atoms with Gasteiger partial charge in [-0.1, -0.05) is 25.1 Å². The number of rotatable bonds is 2. The average Bonchev–Trinajstić information content (AvgIpc) is 2.27. The zero-order chi connectivity index (χ0) is 9.97. The minimum Gasteiger partial charge on any atom is -0.298 e. The van der Waals surface area contributed by atoms with E-state index in [4.69, 9.17) is 0 Å². The van der Waals surface area contributed by atoms with Crippen molar-refractivity contribution in [1.29, 1.82) is 0 Å². The lowest BCUT2D eigenvalue weighted by Gasteiger charge is -2.05. The highest BCUT2D eigenvalue weighted by molar-refractivity contribution is 5.90. The maximum atomic E-state index is 10.8. The summed E-state index contributed by atoms with van der Waals surface area (Å²) in [5.41, 5.74) is 2.74. The molecule has 0 fully saturated rings. The Kier molecular flexibility index (Phi) is 2.27. The van der Waals surface area contributed by atoms with E-state index in [1.54, 1.807) is 6.20 Å². The third kappa shape index (κ3) is 1.29. The first-order chi connectivity index (χ1) is 6.86. The zero-order valence-corrected chi connectivity index (χ0v) is 8.03. The number of aldehydes is 1. The summed E-state index contributed by atoms with van der Waals surface area (Å²) in [7, 11) is 0. The van der Waals surface area contributed by atoms with Gasteiger partial charge in [-0.3, -0.25) is 9.78 Å². The second-order valence-corrected chi connectivity index (χ2v) is 3.18. The zero-order valence-electron chi connectivity index (χ0n) is 8.03.